The van der Waals surface area contributed by atoms with Crippen molar-refractivity contribution in [3.8, 4) is 5.88 Å². The molecule has 0 radical (unpaired) electrons. The third kappa shape index (κ3) is 1.98. The van der Waals surface area contributed by atoms with Crippen LogP contribution in [0, 0.1) is 0 Å². The van der Waals surface area contributed by atoms with E-state index >= 15 is 0 Å². The van der Waals surface area contributed by atoms with Crippen LogP contribution in [0.15, 0.2) is 18.3 Å². The second-order valence-electron chi connectivity index (χ2n) is 4.25. The second-order valence-corrected chi connectivity index (χ2v) is 4.25. The van der Waals surface area contributed by atoms with Gasteiger partial charge in [0.1, 0.15) is 6.04 Å². The van der Waals surface area contributed by atoms with Gasteiger partial charge in [0.25, 0.3) is 0 Å². The van der Waals surface area contributed by atoms with Gasteiger partial charge in [-0.05, 0) is 18.4 Å². The van der Waals surface area contributed by atoms with Crippen molar-refractivity contribution in [1.82, 2.24) is 4.98 Å². The van der Waals surface area contributed by atoms with Gasteiger partial charge in [0, 0.05) is 17.7 Å². The Hall–Kier alpha value is -1.62. The third-order valence-corrected chi connectivity index (χ3v) is 3.36. The maximum Gasteiger partial charge on any atom is 0.323 e. The molecule has 1 aromatic heterocycles. The standard InChI is InChI=1S/C12H16N2O3/c1-16-9-4-3-8(7-14-9)12(5-6-12)10(13)11(15)17-2/h3-4,7,10H,5-6,13H2,1-2H3. The minimum Gasteiger partial charge on any atom is -0.481 e. The Morgan fingerprint density at radius 1 is 1.47 bits per heavy atom. The first-order valence-corrected chi connectivity index (χ1v) is 5.48. The minimum atomic E-state index is -0.623. The van der Waals surface area contributed by atoms with Crippen LogP contribution in [-0.4, -0.2) is 31.2 Å². The summed E-state index contributed by atoms with van der Waals surface area (Å²) in [6.45, 7) is 0. The smallest absolute Gasteiger partial charge is 0.323 e. The molecule has 1 heterocycles. The van der Waals surface area contributed by atoms with E-state index in [-0.39, 0.29) is 11.4 Å². The Morgan fingerprint density at radius 2 is 2.18 bits per heavy atom. The molecule has 1 aliphatic carbocycles. The van der Waals surface area contributed by atoms with Crippen molar-refractivity contribution in [2.75, 3.05) is 14.2 Å². The molecule has 1 aliphatic rings. The molecule has 1 aromatic rings. The SMILES string of the molecule is COC(=O)C(N)C1(c2ccc(OC)nc2)CC1. The van der Waals surface area contributed by atoms with Gasteiger partial charge < -0.3 is 15.2 Å². The van der Waals surface area contributed by atoms with E-state index in [4.69, 9.17) is 15.2 Å². The topological polar surface area (TPSA) is 74.4 Å². The molecule has 0 bridgehead atoms. The molecule has 0 aliphatic heterocycles. The highest BCUT2D eigenvalue weighted by molar-refractivity contribution is 5.78. The van der Waals surface area contributed by atoms with Gasteiger partial charge in [-0.3, -0.25) is 4.79 Å². The zero-order chi connectivity index (χ0) is 12.5. The summed E-state index contributed by atoms with van der Waals surface area (Å²) in [4.78, 5) is 15.6. The second kappa shape index (κ2) is 4.33. The lowest BCUT2D eigenvalue weighted by Gasteiger charge is -2.21. The highest BCUT2D eigenvalue weighted by atomic mass is 16.5. The van der Waals surface area contributed by atoms with Crippen LogP contribution in [0.2, 0.25) is 0 Å². The van der Waals surface area contributed by atoms with E-state index in [0.29, 0.717) is 5.88 Å². The fourth-order valence-corrected chi connectivity index (χ4v) is 2.06. The van der Waals surface area contributed by atoms with E-state index in [9.17, 15) is 4.79 Å². The van der Waals surface area contributed by atoms with Crippen molar-refractivity contribution in [2.24, 2.45) is 5.73 Å². The summed E-state index contributed by atoms with van der Waals surface area (Å²) in [5.41, 5.74) is 6.61. The number of rotatable bonds is 4. The molecule has 0 saturated heterocycles. The molecule has 0 spiro atoms. The number of hydrogen-bond donors (Lipinski definition) is 1. The molecule has 92 valence electrons. The van der Waals surface area contributed by atoms with Crippen LogP contribution >= 0.6 is 0 Å². The van der Waals surface area contributed by atoms with Gasteiger partial charge in [0.05, 0.1) is 14.2 Å². The predicted octanol–water partition coefficient (Wildman–Crippen LogP) is 0.622. The van der Waals surface area contributed by atoms with Gasteiger partial charge in [-0.15, -0.1) is 0 Å². The molecule has 2 N–H and O–H groups in total. The van der Waals surface area contributed by atoms with Gasteiger partial charge >= 0.3 is 5.97 Å². The number of carbonyl (C=O) groups excluding carboxylic acids is 1. The van der Waals surface area contributed by atoms with Gasteiger partial charge in [0.15, 0.2) is 0 Å². The van der Waals surface area contributed by atoms with E-state index in [1.54, 1.807) is 19.4 Å². The Bertz CT molecular complexity index is 412. The van der Waals surface area contributed by atoms with E-state index < -0.39 is 6.04 Å². The van der Waals surface area contributed by atoms with Crippen molar-refractivity contribution in [3.63, 3.8) is 0 Å². The van der Waals surface area contributed by atoms with Crippen molar-refractivity contribution in [2.45, 2.75) is 24.3 Å². The van der Waals surface area contributed by atoms with Gasteiger partial charge in [-0.25, -0.2) is 4.98 Å². The van der Waals surface area contributed by atoms with Crippen molar-refractivity contribution in [3.05, 3.63) is 23.9 Å². The van der Waals surface area contributed by atoms with Gasteiger partial charge in [-0.1, -0.05) is 6.07 Å². The number of methoxy groups -OCH3 is 2. The Morgan fingerprint density at radius 3 is 2.59 bits per heavy atom. The normalized spacial score (nSPS) is 18.3. The lowest BCUT2D eigenvalue weighted by molar-refractivity contribution is -0.143. The molecule has 17 heavy (non-hydrogen) atoms. The number of nitrogens with zero attached hydrogens (tertiary/aromatic N) is 1. The molecule has 1 fully saturated rings. The quantitative estimate of drug-likeness (QED) is 0.776. The van der Waals surface area contributed by atoms with Gasteiger partial charge in [0.2, 0.25) is 5.88 Å². The van der Waals surface area contributed by atoms with E-state index in [1.165, 1.54) is 7.11 Å². The maximum atomic E-state index is 11.5. The van der Waals surface area contributed by atoms with Crippen LogP contribution in [0.4, 0.5) is 0 Å². The number of ether oxygens (including phenoxy) is 2. The van der Waals surface area contributed by atoms with Crippen LogP contribution < -0.4 is 10.5 Å². The molecule has 5 heteroatoms. The predicted molar refractivity (Wildman–Crippen MR) is 61.7 cm³/mol. The molecule has 2 rings (SSSR count). The molecular formula is C12H16N2O3. The van der Waals surface area contributed by atoms with Crippen LogP contribution in [0.5, 0.6) is 5.88 Å². The minimum absolute atomic E-state index is 0.299. The number of carbonyl (C=O) groups is 1. The third-order valence-electron chi connectivity index (χ3n) is 3.36. The first kappa shape index (κ1) is 11.9. The summed E-state index contributed by atoms with van der Waals surface area (Å²) in [6.07, 6.45) is 3.49. The molecule has 0 amide bonds. The summed E-state index contributed by atoms with van der Waals surface area (Å²) in [7, 11) is 2.92. The number of nitrogens with two attached hydrogens (primary N) is 1. The zero-order valence-electron chi connectivity index (χ0n) is 9.97. The molecule has 1 atom stereocenters. The zero-order valence-corrected chi connectivity index (χ0v) is 9.97. The fourth-order valence-electron chi connectivity index (χ4n) is 2.06. The van der Waals surface area contributed by atoms with Crippen molar-refractivity contribution >= 4 is 5.97 Å². The summed E-state index contributed by atoms with van der Waals surface area (Å²) in [5, 5.41) is 0. The van der Waals surface area contributed by atoms with Crippen LogP contribution in [-0.2, 0) is 14.9 Å². The highest BCUT2D eigenvalue weighted by Crippen LogP contribution is 2.50. The monoisotopic (exact) mass is 236 g/mol. The van der Waals surface area contributed by atoms with Crippen molar-refractivity contribution in [1.29, 1.82) is 0 Å². The number of aromatic nitrogens is 1. The number of esters is 1. The van der Waals surface area contributed by atoms with Crippen LogP contribution in [0.3, 0.4) is 0 Å². The summed E-state index contributed by atoms with van der Waals surface area (Å²) in [6, 6.07) is 3.06. The average Bonchev–Trinajstić information content (AvgIpc) is 3.18. The molecule has 0 aromatic carbocycles. The maximum absolute atomic E-state index is 11.5. The Balaban J connectivity index is 2.23. The molecule has 1 saturated carbocycles. The molecule has 1 unspecified atom stereocenters. The first-order valence-electron chi connectivity index (χ1n) is 5.48. The van der Waals surface area contributed by atoms with Crippen LogP contribution in [0.25, 0.3) is 0 Å². The Labute approximate surface area is 99.9 Å². The summed E-state index contributed by atoms with van der Waals surface area (Å²) in [5.74, 6) is 0.175. The van der Waals surface area contributed by atoms with E-state index in [0.717, 1.165) is 18.4 Å². The molecular weight excluding hydrogens is 220 g/mol. The van der Waals surface area contributed by atoms with E-state index in [2.05, 4.69) is 4.98 Å². The largest absolute Gasteiger partial charge is 0.481 e. The summed E-state index contributed by atoms with van der Waals surface area (Å²) < 4.78 is 9.69. The van der Waals surface area contributed by atoms with Crippen molar-refractivity contribution < 1.29 is 14.3 Å². The Kier molecular flexibility index (Phi) is 3.02. The first-order chi connectivity index (χ1) is 8.14. The average molecular weight is 236 g/mol. The highest BCUT2D eigenvalue weighted by Gasteiger charge is 2.52. The lowest BCUT2D eigenvalue weighted by atomic mass is 9.89. The molecule has 5 nitrogen and oxygen atoms in total. The lowest BCUT2D eigenvalue weighted by Crippen LogP contribution is -2.42. The number of hydrogen-bond acceptors (Lipinski definition) is 5. The number of pyridine rings is 1. The van der Waals surface area contributed by atoms with Gasteiger partial charge in [-0.2, -0.15) is 0 Å². The summed E-state index contributed by atoms with van der Waals surface area (Å²) >= 11 is 0. The fraction of sp³-hybridized carbons (Fsp3) is 0.500. The van der Waals surface area contributed by atoms with Crippen LogP contribution in [0.1, 0.15) is 18.4 Å². The van der Waals surface area contributed by atoms with E-state index in [1.807, 2.05) is 6.07 Å².